The summed E-state index contributed by atoms with van der Waals surface area (Å²) >= 11 is 1.16. The molecule has 1 amide bonds. The van der Waals surface area contributed by atoms with E-state index in [9.17, 15) is 15.2 Å². The van der Waals surface area contributed by atoms with Crippen LogP contribution in [0.1, 0.15) is 49.1 Å². The van der Waals surface area contributed by atoms with Crippen molar-refractivity contribution in [1.82, 2.24) is 9.88 Å². The lowest BCUT2D eigenvalue weighted by Gasteiger charge is -2.28. The van der Waals surface area contributed by atoms with Crippen LogP contribution in [0.5, 0.6) is 0 Å². The minimum absolute atomic E-state index is 0.327. The second-order valence-corrected chi connectivity index (χ2v) is 10.4. The summed E-state index contributed by atoms with van der Waals surface area (Å²) in [4.78, 5) is 25.3. The van der Waals surface area contributed by atoms with Crippen LogP contribution in [0.25, 0.3) is 4.85 Å². The van der Waals surface area contributed by atoms with Crippen LogP contribution in [0.15, 0.2) is 35.4 Å². The van der Waals surface area contributed by atoms with E-state index in [1.165, 1.54) is 0 Å². The first-order valence-electron chi connectivity index (χ1n) is 11.7. The minimum atomic E-state index is -0.788. The highest BCUT2D eigenvalue weighted by Crippen LogP contribution is 2.42. The van der Waals surface area contributed by atoms with Gasteiger partial charge in [-0.15, -0.1) is 0 Å². The van der Waals surface area contributed by atoms with Crippen LogP contribution in [0.2, 0.25) is 0 Å². The Bertz CT molecular complexity index is 1130. The number of anilines is 1. The van der Waals surface area contributed by atoms with Crippen molar-refractivity contribution in [3.63, 3.8) is 0 Å². The summed E-state index contributed by atoms with van der Waals surface area (Å²) in [5.41, 5.74) is 7.05. The Morgan fingerprint density at radius 3 is 2.60 bits per heavy atom. The Kier molecular flexibility index (Phi) is 8.74. The number of carbonyl (C=O) groups excluding carboxylic acids is 1. The molecule has 1 aliphatic rings. The molecule has 1 aliphatic heterocycles. The molecule has 0 saturated carbocycles. The highest BCUT2D eigenvalue weighted by atomic mass is 32.2. The van der Waals surface area contributed by atoms with Gasteiger partial charge in [0.1, 0.15) is 22.2 Å². The van der Waals surface area contributed by atoms with E-state index in [0.717, 1.165) is 36.8 Å². The lowest BCUT2D eigenvalue weighted by atomic mass is 10.1. The van der Waals surface area contributed by atoms with Crippen LogP contribution in [0.3, 0.4) is 0 Å². The van der Waals surface area contributed by atoms with Crippen LogP contribution >= 0.6 is 11.8 Å². The van der Waals surface area contributed by atoms with Gasteiger partial charge in [-0.3, -0.25) is 9.69 Å². The van der Waals surface area contributed by atoms with Crippen molar-refractivity contribution in [1.29, 1.82) is 5.26 Å². The number of benzene rings is 1. The number of hydrogen-bond donors (Lipinski definition) is 2. The van der Waals surface area contributed by atoms with E-state index in [1.807, 2.05) is 37.3 Å². The van der Waals surface area contributed by atoms with E-state index >= 15 is 0 Å². The summed E-state index contributed by atoms with van der Waals surface area (Å²) in [5.74, 6) is 0.0255. The number of nitrogens with zero attached hydrogens (tertiary/aromatic N) is 5. The van der Waals surface area contributed by atoms with Crippen LogP contribution in [-0.2, 0) is 11.2 Å². The molecule has 1 aromatic heterocycles. The Morgan fingerprint density at radius 1 is 1.31 bits per heavy atom. The molecule has 2 heterocycles. The second kappa shape index (κ2) is 11.5. The predicted molar refractivity (Wildman–Crippen MR) is 138 cm³/mol. The molecule has 0 spiro atoms. The molecule has 0 aliphatic carbocycles. The highest BCUT2D eigenvalue weighted by molar-refractivity contribution is 8.00. The Labute approximate surface area is 211 Å². The van der Waals surface area contributed by atoms with Gasteiger partial charge in [-0.2, -0.15) is 5.26 Å². The van der Waals surface area contributed by atoms with Crippen molar-refractivity contribution in [2.75, 3.05) is 37.6 Å². The number of thioether (sulfide) groups is 1. The molecule has 3 rings (SSSR count). The first-order valence-corrected chi connectivity index (χ1v) is 12.6. The Hall–Kier alpha value is -3.11. The summed E-state index contributed by atoms with van der Waals surface area (Å²) in [6.45, 7) is 16.9. The molecule has 1 saturated heterocycles. The number of pyridine rings is 1. The number of primary amides is 1. The number of aliphatic hydroxyl groups is 1. The highest BCUT2D eigenvalue weighted by Gasteiger charge is 2.29. The lowest BCUT2D eigenvalue weighted by molar-refractivity contribution is -0.117. The zero-order valence-corrected chi connectivity index (χ0v) is 21.3. The van der Waals surface area contributed by atoms with Crippen LogP contribution < -0.4 is 10.6 Å². The molecular weight excluding hydrogens is 460 g/mol. The van der Waals surface area contributed by atoms with Crippen molar-refractivity contribution >= 4 is 29.2 Å². The zero-order valence-electron chi connectivity index (χ0n) is 20.5. The van der Waals surface area contributed by atoms with Gasteiger partial charge in [-0.25, -0.2) is 9.83 Å². The second-order valence-electron chi connectivity index (χ2n) is 9.26. The standard InChI is InChI=1S/C26H32N6O2S/c1-5-19-20(16-27)25(35-22(23(28)33)18-10-7-6-8-11-18)30-24(21(19)29-4)32-13-9-12-31(14-15-32)17-26(2,3)34/h6-8,10-11,22,34H,5,9,12-15,17H2,1-3H3,(H2,28,33). The third-order valence-electron chi connectivity index (χ3n) is 5.89. The summed E-state index contributed by atoms with van der Waals surface area (Å²) in [7, 11) is 0. The number of nitrogens with two attached hydrogens (primary N) is 1. The van der Waals surface area contributed by atoms with Crippen molar-refractivity contribution in [3.8, 4) is 6.07 Å². The lowest BCUT2D eigenvalue weighted by Crippen LogP contribution is -2.40. The van der Waals surface area contributed by atoms with Crippen molar-refractivity contribution in [2.45, 2.75) is 49.5 Å². The van der Waals surface area contributed by atoms with Crippen LogP contribution in [0, 0.1) is 17.9 Å². The smallest absolute Gasteiger partial charge is 0.235 e. The molecule has 9 heteroatoms. The summed E-state index contributed by atoms with van der Waals surface area (Å²) in [5, 5.41) is 19.9. The summed E-state index contributed by atoms with van der Waals surface area (Å²) in [6, 6.07) is 11.4. The van der Waals surface area contributed by atoms with Gasteiger partial charge in [0.2, 0.25) is 11.6 Å². The molecule has 2 aromatic rings. The number of amides is 1. The monoisotopic (exact) mass is 492 g/mol. The average molecular weight is 493 g/mol. The van der Waals surface area contributed by atoms with Gasteiger partial charge >= 0.3 is 0 Å². The summed E-state index contributed by atoms with van der Waals surface area (Å²) < 4.78 is 0. The quantitative estimate of drug-likeness (QED) is 0.427. The molecule has 1 atom stereocenters. The molecule has 8 nitrogen and oxygen atoms in total. The molecule has 184 valence electrons. The van der Waals surface area contributed by atoms with Crippen LogP contribution in [-0.4, -0.2) is 59.2 Å². The van der Waals surface area contributed by atoms with E-state index in [1.54, 1.807) is 13.8 Å². The first-order chi connectivity index (χ1) is 16.7. The fourth-order valence-corrected chi connectivity index (χ4v) is 5.45. The number of aromatic nitrogens is 1. The largest absolute Gasteiger partial charge is 0.389 e. The summed E-state index contributed by atoms with van der Waals surface area (Å²) in [6.07, 6.45) is 1.35. The third-order valence-corrected chi connectivity index (χ3v) is 7.15. The van der Waals surface area contributed by atoms with Crippen molar-refractivity contribution in [2.24, 2.45) is 5.73 Å². The van der Waals surface area contributed by atoms with Crippen LogP contribution in [0.4, 0.5) is 11.5 Å². The third kappa shape index (κ3) is 6.52. The number of carbonyl (C=O) groups is 1. The number of β-amino-alcohol motifs (C(OH)–C–C–N with tert-alkyl or cyclic N) is 1. The van der Waals surface area contributed by atoms with Gasteiger partial charge < -0.3 is 15.7 Å². The topological polar surface area (TPSA) is 111 Å². The van der Waals surface area contributed by atoms with Gasteiger partial charge in [0.25, 0.3) is 0 Å². The maximum Gasteiger partial charge on any atom is 0.235 e. The molecule has 0 radical (unpaired) electrons. The van der Waals surface area contributed by atoms with Crippen molar-refractivity contribution in [3.05, 3.63) is 58.4 Å². The first kappa shape index (κ1) is 26.5. The molecule has 3 N–H and O–H groups in total. The zero-order chi connectivity index (χ0) is 25.6. The van der Waals surface area contributed by atoms with Gasteiger partial charge in [0.15, 0.2) is 0 Å². The van der Waals surface area contributed by atoms with Crippen molar-refractivity contribution < 1.29 is 9.90 Å². The molecule has 1 aromatic carbocycles. The molecular formula is C26H32N6O2S. The molecule has 35 heavy (non-hydrogen) atoms. The minimum Gasteiger partial charge on any atom is -0.389 e. The maximum absolute atomic E-state index is 12.4. The van der Waals surface area contributed by atoms with E-state index in [2.05, 4.69) is 20.7 Å². The Balaban J connectivity index is 2.03. The van der Waals surface area contributed by atoms with Gasteiger partial charge in [0, 0.05) is 32.7 Å². The Morgan fingerprint density at radius 2 is 2.03 bits per heavy atom. The van der Waals surface area contributed by atoms with E-state index in [0.29, 0.717) is 53.7 Å². The number of rotatable bonds is 8. The van der Waals surface area contributed by atoms with E-state index in [4.69, 9.17) is 17.3 Å². The van der Waals surface area contributed by atoms with Gasteiger partial charge in [0.05, 0.1) is 17.7 Å². The molecule has 0 bridgehead atoms. The SMILES string of the molecule is [C-]#[N+]c1c(N2CCCN(CC(C)(C)O)CC2)nc(SC(C(N)=O)c2ccccc2)c(C#N)c1CC. The average Bonchev–Trinajstić information content (AvgIpc) is 3.05. The van der Waals surface area contributed by atoms with E-state index in [-0.39, 0.29) is 0 Å². The molecule has 1 fully saturated rings. The van der Waals surface area contributed by atoms with Gasteiger partial charge in [-0.1, -0.05) is 49.0 Å². The van der Waals surface area contributed by atoms with Gasteiger partial charge in [-0.05, 0) is 37.8 Å². The predicted octanol–water partition coefficient (Wildman–Crippen LogP) is 3.67. The normalized spacial score (nSPS) is 15.7. The number of nitriles is 1. The number of hydrogen-bond acceptors (Lipinski definition) is 7. The maximum atomic E-state index is 12.4. The fourth-order valence-electron chi connectivity index (χ4n) is 4.39. The fraction of sp³-hybridized carbons (Fsp3) is 0.462. The molecule has 1 unspecified atom stereocenters. The van der Waals surface area contributed by atoms with E-state index < -0.39 is 16.8 Å².